The van der Waals surface area contributed by atoms with Crippen LogP contribution in [0.25, 0.3) is 0 Å². The number of amides is 2. The van der Waals surface area contributed by atoms with Gasteiger partial charge in [0.05, 0.1) is 5.92 Å². The van der Waals surface area contributed by atoms with Crippen LogP contribution in [0, 0.1) is 6.92 Å². The van der Waals surface area contributed by atoms with E-state index in [0.29, 0.717) is 18.3 Å². The highest BCUT2D eigenvalue weighted by atomic mass is 32.1. The van der Waals surface area contributed by atoms with Crippen LogP contribution in [0.2, 0.25) is 0 Å². The molecule has 1 saturated heterocycles. The number of carbonyl (C=O) groups excluding carboxylic acids is 1. The summed E-state index contributed by atoms with van der Waals surface area (Å²) in [5.74, 6) is 1.43. The molecule has 0 radical (unpaired) electrons. The van der Waals surface area contributed by atoms with Crippen LogP contribution >= 0.6 is 11.3 Å². The number of aromatic nitrogens is 2. The van der Waals surface area contributed by atoms with Gasteiger partial charge in [-0.2, -0.15) is 16.3 Å². The van der Waals surface area contributed by atoms with Gasteiger partial charge in [-0.25, -0.2) is 4.79 Å². The molecular formula is C16H22N4O2S. The number of rotatable bonds is 4. The number of nitrogens with zero attached hydrogens (tertiary/aromatic N) is 3. The van der Waals surface area contributed by atoms with Gasteiger partial charge in [-0.3, -0.25) is 0 Å². The highest BCUT2D eigenvalue weighted by Gasteiger charge is 2.28. The highest BCUT2D eigenvalue weighted by Crippen LogP contribution is 2.25. The fraction of sp³-hybridized carbons (Fsp3) is 0.562. The van der Waals surface area contributed by atoms with E-state index in [-0.39, 0.29) is 18.0 Å². The number of hydrogen-bond donors (Lipinski definition) is 1. The predicted octanol–water partition coefficient (Wildman–Crippen LogP) is 2.96. The lowest BCUT2D eigenvalue weighted by atomic mass is 9.98. The molecule has 1 fully saturated rings. The van der Waals surface area contributed by atoms with Crippen LogP contribution in [0.1, 0.15) is 43.0 Å². The molecule has 2 aromatic rings. The van der Waals surface area contributed by atoms with Crippen molar-refractivity contribution in [1.82, 2.24) is 20.4 Å². The summed E-state index contributed by atoms with van der Waals surface area (Å²) in [6.07, 6.45) is 2.80. The summed E-state index contributed by atoms with van der Waals surface area (Å²) in [5.41, 5.74) is 1.26. The molecule has 124 valence electrons. The van der Waals surface area contributed by atoms with Crippen molar-refractivity contribution in [1.29, 1.82) is 0 Å². The summed E-state index contributed by atoms with van der Waals surface area (Å²) in [4.78, 5) is 18.6. The summed E-state index contributed by atoms with van der Waals surface area (Å²) in [5, 5.41) is 11.1. The lowest BCUT2D eigenvalue weighted by Gasteiger charge is -2.32. The molecule has 6 nitrogen and oxygen atoms in total. The number of urea groups is 1. The monoisotopic (exact) mass is 334 g/mol. The lowest BCUT2D eigenvalue weighted by Crippen LogP contribution is -2.48. The second-order valence-electron chi connectivity index (χ2n) is 6.15. The second kappa shape index (κ2) is 7.12. The first-order valence-electron chi connectivity index (χ1n) is 7.98. The lowest BCUT2D eigenvalue weighted by molar-refractivity contribution is 0.169. The van der Waals surface area contributed by atoms with Crippen molar-refractivity contribution in [2.24, 2.45) is 0 Å². The first-order chi connectivity index (χ1) is 11.1. The van der Waals surface area contributed by atoms with E-state index >= 15 is 0 Å². The topological polar surface area (TPSA) is 71.3 Å². The van der Waals surface area contributed by atoms with Crippen molar-refractivity contribution in [2.75, 3.05) is 13.1 Å². The summed E-state index contributed by atoms with van der Waals surface area (Å²) in [6.45, 7) is 5.27. The van der Waals surface area contributed by atoms with Crippen LogP contribution in [0.5, 0.6) is 0 Å². The molecular weight excluding hydrogens is 312 g/mol. The minimum Gasteiger partial charge on any atom is -0.339 e. The first kappa shape index (κ1) is 16.0. The Hall–Kier alpha value is -1.89. The number of carbonyl (C=O) groups is 1. The van der Waals surface area contributed by atoms with E-state index in [1.165, 1.54) is 5.56 Å². The Morgan fingerprint density at radius 3 is 3.17 bits per heavy atom. The maximum absolute atomic E-state index is 12.5. The van der Waals surface area contributed by atoms with Gasteiger partial charge in [0.1, 0.15) is 0 Å². The Kier molecular flexibility index (Phi) is 4.95. The molecule has 3 heterocycles. The quantitative estimate of drug-likeness (QED) is 0.933. The van der Waals surface area contributed by atoms with E-state index in [4.69, 9.17) is 4.52 Å². The minimum absolute atomic E-state index is 0.00586. The van der Waals surface area contributed by atoms with Gasteiger partial charge in [-0.05, 0) is 55.5 Å². The van der Waals surface area contributed by atoms with E-state index < -0.39 is 0 Å². The number of nitrogens with one attached hydrogen (secondary N) is 1. The molecule has 0 aromatic carbocycles. The van der Waals surface area contributed by atoms with Crippen molar-refractivity contribution in [3.63, 3.8) is 0 Å². The molecule has 0 spiro atoms. The number of thiophene rings is 1. The van der Waals surface area contributed by atoms with Crippen molar-refractivity contribution in [2.45, 2.75) is 45.1 Å². The molecule has 2 amide bonds. The molecule has 1 aliphatic heterocycles. The van der Waals surface area contributed by atoms with Crippen molar-refractivity contribution < 1.29 is 9.32 Å². The van der Waals surface area contributed by atoms with Gasteiger partial charge in [-0.15, -0.1) is 0 Å². The van der Waals surface area contributed by atoms with Crippen molar-refractivity contribution >= 4 is 17.4 Å². The number of hydrogen-bond acceptors (Lipinski definition) is 5. The molecule has 2 aromatic heterocycles. The summed E-state index contributed by atoms with van der Waals surface area (Å²) in [6, 6.07) is 2.21. The maximum Gasteiger partial charge on any atom is 0.317 e. The van der Waals surface area contributed by atoms with E-state index in [1.54, 1.807) is 11.3 Å². The number of piperidine rings is 1. The van der Waals surface area contributed by atoms with Gasteiger partial charge >= 0.3 is 6.03 Å². The van der Waals surface area contributed by atoms with E-state index in [2.05, 4.69) is 32.3 Å². The minimum atomic E-state index is -0.00586. The fourth-order valence-corrected chi connectivity index (χ4v) is 3.64. The van der Waals surface area contributed by atoms with Crippen molar-refractivity contribution in [3.05, 3.63) is 34.1 Å². The van der Waals surface area contributed by atoms with Gasteiger partial charge in [0.15, 0.2) is 5.82 Å². The smallest absolute Gasteiger partial charge is 0.317 e. The van der Waals surface area contributed by atoms with Crippen LogP contribution in [0.15, 0.2) is 21.3 Å². The molecule has 1 N–H and O–H groups in total. The standard InChI is InChI=1S/C16H22N4O2S/c1-11(8-13-5-7-23-10-13)17-16(21)20-6-3-4-14(9-20)15-18-12(2)19-22-15/h5,7,10-11,14H,3-4,6,8-9H2,1-2H3,(H,17,21)/t11-,14+/m1/s1. The highest BCUT2D eigenvalue weighted by molar-refractivity contribution is 7.07. The molecule has 0 bridgehead atoms. The first-order valence-corrected chi connectivity index (χ1v) is 8.93. The maximum atomic E-state index is 12.5. The fourth-order valence-electron chi connectivity index (χ4n) is 2.96. The average molecular weight is 334 g/mol. The van der Waals surface area contributed by atoms with Gasteiger partial charge in [0, 0.05) is 19.1 Å². The third kappa shape index (κ3) is 4.10. The Bertz CT molecular complexity index is 640. The second-order valence-corrected chi connectivity index (χ2v) is 6.93. The Balaban J connectivity index is 1.54. The molecule has 0 aliphatic carbocycles. The van der Waals surface area contributed by atoms with Crippen LogP contribution in [-0.2, 0) is 6.42 Å². The predicted molar refractivity (Wildman–Crippen MR) is 88.6 cm³/mol. The van der Waals surface area contributed by atoms with Gasteiger partial charge in [0.2, 0.25) is 5.89 Å². The van der Waals surface area contributed by atoms with Crippen LogP contribution < -0.4 is 5.32 Å². The molecule has 1 aliphatic rings. The zero-order valence-electron chi connectivity index (χ0n) is 13.5. The third-order valence-corrected chi connectivity index (χ3v) is 4.83. The Morgan fingerprint density at radius 2 is 2.48 bits per heavy atom. The summed E-state index contributed by atoms with van der Waals surface area (Å²) >= 11 is 1.68. The van der Waals surface area contributed by atoms with Crippen LogP contribution in [0.4, 0.5) is 4.79 Å². The molecule has 0 unspecified atom stereocenters. The Labute approximate surface area is 139 Å². The van der Waals surface area contributed by atoms with E-state index in [0.717, 1.165) is 25.8 Å². The molecule has 2 atom stereocenters. The average Bonchev–Trinajstić information content (AvgIpc) is 3.19. The normalized spacial score (nSPS) is 19.6. The van der Waals surface area contributed by atoms with E-state index in [1.807, 2.05) is 18.7 Å². The van der Waals surface area contributed by atoms with E-state index in [9.17, 15) is 4.79 Å². The zero-order chi connectivity index (χ0) is 16.2. The van der Waals surface area contributed by atoms with Crippen LogP contribution in [-0.4, -0.2) is 40.2 Å². The SMILES string of the molecule is Cc1noc([C@H]2CCCN(C(=O)N[C@H](C)Cc3ccsc3)C2)n1. The molecule has 7 heteroatoms. The zero-order valence-corrected chi connectivity index (χ0v) is 14.3. The van der Waals surface area contributed by atoms with Crippen LogP contribution in [0.3, 0.4) is 0 Å². The largest absolute Gasteiger partial charge is 0.339 e. The molecule has 3 rings (SSSR count). The number of likely N-dealkylation sites (tertiary alicyclic amines) is 1. The van der Waals surface area contributed by atoms with Gasteiger partial charge < -0.3 is 14.7 Å². The van der Waals surface area contributed by atoms with Gasteiger partial charge in [0.25, 0.3) is 0 Å². The van der Waals surface area contributed by atoms with Crippen molar-refractivity contribution in [3.8, 4) is 0 Å². The molecule has 0 saturated carbocycles. The number of aryl methyl sites for hydroxylation is 1. The third-order valence-electron chi connectivity index (χ3n) is 4.09. The molecule has 23 heavy (non-hydrogen) atoms. The summed E-state index contributed by atoms with van der Waals surface area (Å²) in [7, 11) is 0. The summed E-state index contributed by atoms with van der Waals surface area (Å²) < 4.78 is 5.26. The van der Waals surface area contributed by atoms with Gasteiger partial charge in [-0.1, -0.05) is 5.16 Å². The Morgan fingerprint density at radius 1 is 1.61 bits per heavy atom.